The minimum atomic E-state index is -0.630. The van der Waals surface area contributed by atoms with Crippen LogP contribution in [0.15, 0.2) is 24.3 Å². The van der Waals surface area contributed by atoms with E-state index in [2.05, 4.69) is 0 Å². The molecule has 1 aromatic rings. The summed E-state index contributed by atoms with van der Waals surface area (Å²) in [5, 5.41) is 0. The molecule has 1 aromatic carbocycles. The number of amides is 1. The van der Waals surface area contributed by atoms with Crippen molar-refractivity contribution < 1.29 is 9.53 Å². The summed E-state index contributed by atoms with van der Waals surface area (Å²) in [7, 11) is 1.80. The van der Waals surface area contributed by atoms with Crippen LogP contribution >= 0.6 is 12.4 Å². The predicted octanol–water partition coefficient (Wildman–Crippen LogP) is 2.35. The Bertz CT molecular complexity index is 461. The first-order valence-electron chi connectivity index (χ1n) is 6.82. The maximum absolute atomic E-state index is 12.3. The highest BCUT2D eigenvalue weighted by Gasteiger charge is 2.41. The fraction of sp³-hybridized carbons (Fsp3) is 0.533. The van der Waals surface area contributed by atoms with Crippen LogP contribution in [-0.4, -0.2) is 30.0 Å². The summed E-state index contributed by atoms with van der Waals surface area (Å²) in [4.78, 5) is 14.0. The van der Waals surface area contributed by atoms with Gasteiger partial charge in [-0.15, -0.1) is 12.4 Å². The lowest BCUT2D eigenvalue weighted by Crippen LogP contribution is -2.58. The third-order valence-electron chi connectivity index (χ3n) is 3.70. The number of carbonyl (C=O) groups excluding carboxylic acids is 1. The molecular formula is C15H23ClN2O2. The van der Waals surface area contributed by atoms with Crippen LogP contribution in [0.3, 0.4) is 0 Å². The molecule has 0 aromatic heterocycles. The Morgan fingerprint density at radius 3 is 2.60 bits per heavy atom. The molecule has 0 radical (unpaired) electrons. The van der Waals surface area contributed by atoms with Gasteiger partial charge in [-0.05, 0) is 32.3 Å². The molecule has 1 saturated carbocycles. The van der Waals surface area contributed by atoms with Gasteiger partial charge >= 0.3 is 0 Å². The second-order valence-corrected chi connectivity index (χ2v) is 5.21. The first-order chi connectivity index (χ1) is 9.07. The second-order valence-electron chi connectivity index (χ2n) is 5.21. The van der Waals surface area contributed by atoms with E-state index in [9.17, 15) is 4.79 Å². The lowest BCUT2D eigenvalue weighted by Gasteiger charge is -2.39. The van der Waals surface area contributed by atoms with E-state index in [0.29, 0.717) is 13.2 Å². The van der Waals surface area contributed by atoms with E-state index in [1.165, 1.54) is 0 Å². The molecule has 2 N–H and O–H groups in total. The smallest absolute Gasteiger partial charge is 0.242 e. The maximum Gasteiger partial charge on any atom is 0.242 e. The van der Waals surface area contributed by atoms with Crippen LogP contribution in [-0.2, 0) is 11.3 Å². The summed E-state index contributed by atoms with van der Waals surface area (Å²) < 4.78 is 5.57. The zero-order valence-corrected chi connectivity index (χ0v) is 12.9. The van der Waals surface area contributed by atoms with E-state index in [1.807, 2.05) is 31.2 Å². The molecule has 4 nitrogen and oxygen atoms in total. The number of hydrogen-bond donors (Lipinski definition) is 1. The molecular weight excluding hydrogens is 276 g/mol. The average Bonchev–Trinajstić information content (AvgIpc) is 2.37. The predicted molar refractivity (Wildman–Crippen MR) is 82.1 cm³/mol. The Hall–Kier alpha value is -1.26. The van der Waals surface area contributed by atoms with Gasteiger partial charge in [0.05, 0.1) is 12.1 Å². The summed E-state index contributed by atoms with van der Waals surface area (Å²) in [5.74, 6) is 0.870. The van der Waals surface area contributed by atoms with Crippen molar-refractivity contribution in [3.05, 3.63) is 29.8 Å². The zero-order chi connectivity index (χ0) is 13.9. The van der Waals surface area contributed by atoms with Gasteiger partial charge in [-0.3, -0.25) is 4.79 Å². The van der Waals surface area contributed by atoms with Crippen LogP contribution in [0.4, 0.5) is 0 Å². The van der Waals surface area contributed by atoms with Crippen molar-refractivity contribution in [2.45, 2.75) is 38.3 Å². The van der Waals surface area contributed by atoms with Gasteiger partial charge < -0.3 is 15.4 Å². The average molecular weight is 299 g/mol. The number of nitrogens with two attached hydrogens (primary N) is 1. The number of carbonyl (C=O) groups is 1. The van der Waals surface area contributed by atoms with E-state index >= 15 is 0 Å². The molecule has 0 unspecified atom stereocenters. The van der Waals surface area contributed by atoms with Crippen molar-refractivity contribution in [3.63, 3.8) is 0 Å². The highest BCUT2D eigenvalue weighted by atomic mass is 35.5. The SMILES string of the molecule is CCOc1ccccc1CN(C)C(=O)C1(N)CCC1.Cl. The molecule has 112 valence electrons. The molecule has 2 rings (SSSR count). The summed E-state index contributed by atoms with van der Waals surface area (Å²) in [6.07, 6.45) is 2.64. The number of nitrogens with zero attached hydrogens (tertiary/aromatic N) is 1. The van der Waals surface area contributed by atoms with Crippen LogP contribution in [0.1, 0.15) is 31.7 Å². The van der Waals surface area contributed by atoms with Crippen LogP contribution in [0.2, 0.25) is 0 Å². The second kappa shape index (κ2) is 6.95. The number of benzene rings is 1. The number of ether oxygens (including phenoxy) is 1. The van der Waals surface area contributed by atoms with E-state index in [-0.39, 0.29) is 18.3 Å². The standard InChI is InChI=1S/C15H22N2O2.ClH/c1-3-19-13-8-5-4-7-12(13)11-17(2)14(18)15(16)9-6-10-15;/h4-5,7-8H,3,6,9-11,16H2,1-2H3;1H. The number of hydrogen-bond acceptors (Lipinski definition) is 3. The normalized spacial score (nSPS) is 15.8. The number of rotatable bonds is 5. The minimum Gasteiger partial charge on any atom is -0.494 e. The minimum absolute atomic E-state index is 0. The van der Waals surface area contributed by atoms with E-state index in [1.54, 1.807) is 11.9 Å². The van der Waals surface area contributed by atoms with Crippen LogP contribution < -0.4 is 10.5 Å². The van der Waals surface area contributed by atoms with Crippen LogP contribution in [0.5, 0.6) is 5.75 Å². The number of para-hydroxylation sites is 1. The first kappa shape index (κ1) is 16.8. The highest BCUT2D eigenvalue weighted by Crippen LogP contribution is 2.31. The Labute approximate surface area is 126 Å². The maximum atomic E-state index is 12.3. The zero-order valence-electron chi connectivity index (χ0n) is 12.1. The van der Waals surface area contributed by atoms with Crippen molar-refractivity contribution in [2.75, 3.05) is 13.7 Å². The molecule has 0 atom stereocenters. The molecule has 0 aliphatic heterocycles. The molecule has 0 saturated heterocycles. The Morgan fingerprint density at radius 2 is 2.05 bits per heavy atom. The molecule has 1 fully saturated rings. The van der Waals surface area contributed by atoms with Gasteiger partial charge in [0.15, 0.2) is 0 Å². The van der Waals surface area contributed by atoms with Crippen molar-refractivity contribution >= 4 is 18.3 Å². The molecule has 0 spiro atoms. The van der Waals surface area contributed by atoms with E-state index < -0.39 is 5.54 Å². The van der Waals surface area contributed by atoms with Gasteiger partial charge in [0.1, 0.15) is 5.75 Å². The highest BCUT2D eigenvalue weighted by molar-refractivity contribution is 5.87. The van der Waals surface area contributed by atoms with Gasteiger partial charge in [-0.1, -0.05) is 18.2 Å². The quantitative estimate of drug-likeness (QED) is 0.908. The largest absolute Gasteiger partial charge is 0.494 e. The third-order valence-corrected chi connectivity index (χ3v) is 3.70. The summed E-state index contributed by atoms with van der Waals surface area (Å²) >= 11 is 0. The third kappa shape index (κ3) is 3.44. The summed E-state index contributed by atoms with van der Waals surface area (Å²) in [6, 6.07) is 7.81. The summed E-state index contributed by atoms with van der Waals surface area (Å²) in [5.41, 5.74) is 6.46. The number of halogens is 1. The van der Waals surface area contributed by atoms with Gasteiger partial charge in [-0.25, -0.2) is 0 Å². The molecule has 0 bridgehead atoms. The monoisotopic (exact) mass is 298 g/mol. The molecule has 1 amide bonds. The molecule has 1 aliphatic carbocycles. The first-order valence-corrected chi connectivity index (χ1v) is 6.82. The van der Waals surface area contributed by atoms with Crippen molar-refractivity contribution in [3.8, 4) is 5.75 Å². The summed E-state index contributed by atoms with van der Waals surface area (Å²) in [6.45, 7) is 3.11. The Morgan fingerprint density at radius 1 is 1.40 bits per heavy atom. The fourth-order valence-corrected chi connectivity index (χ4v) is 2.41. The van der Waals surface area contributed by atoms with Crippen LogP contribution in [0, 0.1) is 0 Å². The van der Waals surface area contributed by atoms with Gasteiger partial charge in [0.25, 0.3) is 0 Å². The van der Waals surface area contributed by atoms with Crippen molar-refractivity contribution in [1.29, 1.82) is 0 Å². The lowest BCUT2D eigenvalue weighted by molar-refractivity contribution is -0.139. The molecule has 0 heterocycles. The Kier molecular flexibility index (Phi) is 5.84. The fourth-order valence-electron chi connectivity index (χ4n) is 2.41. The molecule has 1 aliphatic rings. The topological polar surface area (TPSA) is 55.6 Å². The van der Waals surface area contributed by atoms with Gasteiger partial charge in [0.2, 0.25) is 5.91 Å². The van der Waals surface area contributed by atoms with Gasteiger partial charge in [-0.2, -0.15) is 0 Å². The number of likely N-dealkylation sites (N-methyl/N-ethyl adjacent to an activating group) is 1. The molecule has 20 heavy (non-hydrogen) atoms. The van der Waals surface area contributed by atoms with E-state index in [4.69, 9.17) is 10.5 Å². The van der Waals surface area contributed by atoms with E-state index in [0.717, 1.165) is 30.6 Å². The van der Waals surface area contributed by atoms with Crippen LogP contribution in [0.25, 0.3) is 0 Å². The lowest BCUT2D eigenvalue weighted by atomic mass is 9.76. The Balaban J connectivity index is 0.00000200. The van der Waals surface area contributed by atoms with Crippen molar-refractivity contribution in [1.82, 2.24) is 4.90 Å². The molecule has 5 heteroatoms. The van der Waals surface area contributed by atoms with Crippen molar-refractivity contribution in [2.24, 2.45) is 5.73 Å². The van der Waals surface area contributed by atoms with Gasteiger partial charge in [0, 0.05) is 19.2 Å².